The van der Waals surface area contributed by atoms with Crippen molar-refractivity contribution in [2.24, 2.45) is 0 Å². The lowest BCUT2D eigenvalue weighted by atomic mass is 10.1. The fraction of sp³-hybridized carbons (Fsp3) is 0.600. The van der Waals surface area contributed by atoms with Gasteiger partial charge in [-0.2, -0.15) is 0 Å². The molecule has 2 rings (SSSR count). The third-order valence-electron chi connectivity index (χ3n) is 3.14. The number of hydrogen-bond acceptors (Lipinski definition) is 3. The van der Waals surface area contributed by atoms with Crippen LogP contribution in [-0.2, 0) is 11.3 Å². The molecule has 1 saturated carbocycles. The summed E-state index contributed by atoms with van der Waals surface area (Å²) in [4.78, 5) is 18.6. The van der Waals surface area contributed by atoms with E-state index in [9.17, 15) is 4.79 Å². The molecule has 0 aliphatic heterocycles. The second kappa shape index (κ2) is 5.70. The van der Waals surface area contributed by atoms with Gasteiger partial charge in [0.15, 0.2) is 0 Å². The minimum atomic E-state index is -0.0319. The molecule has 1 fully saturated rings. The monoisotopic (exact) mass is 261 g/mol. The zero-order chi connectivity index (χ0) is 13.9. The highest BCUT2D eigenvalue weighted by Crippen LogP contribution is 2.28. The number of hydrogen-bond donors (Lipinski definition) is 1. The molecule has 1 heterocycles. The summed E-state index contributed by atoms with van der Waals surface area (Å²) in [5.74, 6) is 0.170. The molecule has 4 heteroatoms. The molecular weight excluding hydrogens is 238 g/mol. The molecule has 0 radical (unpaired) electrons. The second-order valence-electron chi connectivity index (χ2n) is 6.18. The molecule has 0 aromatic carbocycles. The van der Waals surface area contributed by atoms with E-state index in [0.717, 1.165) is 18.5 Å². The molecule has 0 saturated heterocycles. The molecule has 1 aromatic rings. The van der Waals surface area contributed by atoms with Gasteiger partial charge in [0.05, 0.1) is 18.8 Å². The van der Waals surface area contributed by atoms with E-state index in [1.807, 2.05) is 23.1 Å². The van der Waals surface area contributed by atoms with Crippen molar-refractivity contribution in [3.8, 4) is 0 Å². The van der Waals surface area contributed by atoms with Crippen molar-refractivity contribution in [3.63, 3.8) is 0 Å². The van der Waals surface area contributed by atoms with E-state index in [-0.39, 0.29) is 11.4 Å². The first-order valence-electron chi connectivity index (χ1n) is 6.90. The number of pyridine rings is 1. The highest BCUT2D eigenvalue weighted by molar-refractivity contribution is 5.79. The van der Waals surface area contributed by atoms with Crippen molar-refractivity contribution in [2.45, 2.75) is 51.7 Å². The summed E-state index contributed by atoms with van der Waals surface area (Å²) in [7, 11) is 0. The normalized spacial score (nSPS) is 15.3. The van der Waals surface area contributed by atoms with Crippen LogP contribution in [0.5, 0.6) is 0 Å². The van der Waals surface area contributed by atoms with Crippen LogP contribution in [0.4, 0.5) is 0 Å². The number of carbonyl (C=O) groups excluding carboxylic acids is 1. The van der Waals surface area contributed by atoms with Crippen LogP contribution >= 0.6 is 0 Å². The smallest absolute Gasteiger partial charge is 0.237 e. The maximum absolute atomic E-state index is 12.3. The third kappa shape index (κ3) is 4.63. The molecule has 0 bridgehead atoms. The number of carbonyl (C=O) groups is 1. The fourth-order valence-corrected chi connectivity index (χ4v) is 1.92. The topological polar surface area (TPSA) is 45.2 Å². The lowest BCUT2D eigenvalue weighted by Gasteiger charge is -2.26. The van der Waals surface area contributed by atoms with Gasteiger partial charge in [-0.25, -0.2) is 0 Å². The molecule has 0 spiro atoms. The predicted octanol–water partition coefficient (Wildman–Crippen LogP) is 1.96. The van der Waals surface area contributed by atoms with Crippen molar-refractivity contribution in [1.82, 2.24) is 15.2 Å². The van der Waals surface area contributed by atoms with Crippen LogP contribution < -0.4 is 5.32 Å². The predicted molar refractivity (Wildman–Crippen MR) is 75.6 cm³/mol. The van der Waals surface area contributed by atoms with Gasteiger partial charge < -0.3 is 10.2 Å². The maximum atomic E-state index is 12.3. The van der Waals surface area contributed by atoms with E-state index < -0.39 is 0 Å². The Morgan fingerprint density at radius 1 is 1.42 bits per heavy atom. The van der Waals surface area contributed by atoms with Crippen LogP contribution in [0.15, 0.2) is 24.4 Å². The van der Waals surface area contributed by atoms with E-state index in [1.165, 1.54) is 0 Å². The van der Waals surface area contributed by atoms with Gasteiger partial charge >= 0.3 is 0 Å². The quantitative estimate of drug-likeness (QED) is 0.881. The minimum Gasteiger partial charge on any atom is -0.333 e. The van der Waals surface area contributed by atoms with Crippen molar-refractivity contribution >= 4 is 5.91 Å². The number of nitrogens with one attached hydrogen (secondary N) is 1. The van der Waals surface area contributed by atoms with Gasteiger partial charge in [-0.05, 0) is 45.7 Å². The first kappa shape index (κ1) is 14.0. The summed E-state index contributed by atoms with van der Waals surface area (Å²) in [5.41, 5.74) is 0.925. The summed E-state index contributed by atoms with van der Waals surface area (Å²) in [6.45, 7) is 7.23. The van der Waals surface area contributed by atoms with Crippen LogP contribution in [-0.4, -0.2) is 33.9 Å². The second-order valence-corrected chi connectivity index (χ2v) is 6.18. The Hall–Kier alpha value is -1.42. The first-order valence-corrected chi connectivity index (χ1v) is 6.90. The largest absolute Gasteiger partial charge is 0.333 e. The highest BCUT2D eigenvalue weighted by atomic mass is 16.2. The average Bonchev–Trinajstić information content (AvgIpc) is 3.18. The molecule has 1 amide bonds. The zero-order valence-electron chi connectivity index (χ0n) is 12.0. The number of aromatic nitrogens is 1. The Morgan fingerprint density at radius 3 is 2.68 bits per heavy atom. The summed E-state index contributed by atoms with van der Waals surface area (Å²) in [5, 5.41) is 3.26. The molecule has 1 aliphatic carbocycles. The molecular formula is C15H23N3O. The van der Waals surface area contributed by atoms with Gasteiger partial charge in [-0.3, -0.25) is 9.78 Å². The van der Waals surface area contributed by atoms with Gasteiger partial charge in [-0.15, -0.1) is 0 Å². The molecule has 1 aromatic heterocycles. The van der Waals surface area contributed by atoms with E-state index in [1.54, 1.807) is 6.20 Å². The Balaban J connectivity index is 1.94. The highest BCUT2D eigenvalue weighted by Gasteiger charge is 2.32. The van der Waals surface area contributed by atoms with E-state index >= 15 is 0 Å². The molecule has 0 atom stereocenters. The average molecular weight is 261 g/mol. The Morgan fingerprint density at radius 2 is 2.16 bits per heavy atom. The van der Waals surface area contributed by atoms with Crippen LogP contribution in [0, 0.1) is 0 Å². The summed E-state index contributed by atoms with van der Waals surface area (Å²) < 4.78 is 0. The van der Waals surface area contributed by atoms with Gasteiger partial charge in [0, 0.05) is 17.8 Å². The molecule has 4 nitrogen and oxygen atoms in total. The van der Waals surface area contributed by atoms with Crippen molar-refractivity contribution in [2.75, 3.05) is 6.54 Å². The summed E-state index contributed by atoms with van der Waals surface area (Å²) in [6, 6.07) is 6.25. The van der Waals surface area contributed by atoms with Crippen LogP contribution in [0.1, 0.15) is 39.3 Å². The van der Waals surface area contributed by atoms with Crippen LogP contribution in [0.3, 0.4) is 0 Å². The summed E-state index contributed by atoms with van der Waals surface area (Å²) in [6.07, 6.45) is 4.01. The molecule has 0 unspecified atom stereocenters. The molecule has 1 aliphatic rings. The Bertz CT molecular complexity index is 421. The third-order valence-corrected chi connectivity index (χ3v) is 3.14. The van der Waals surface area contributed by atoms with E-state index in [4.69, 9.17) is 0 Å². The van der Waals surface area contributed by atoms with Crippen molar-refractivity contribution < 1.29 is 4.79 Å². The van der Waals surface area contributed by atoms with Crippen LogP contribution in [0.25, 0.3) is 0 Å². The number of nitrogens with zero attached hydrogens (tertiary/aromatic N) is 2. The lowest BCUT2D eigenvalue weighted by Crippen LogP contribution is -2.45. The minimum absolute atomic E-state index is 0.0319. The molecule has 1 N–H and O–H groups in total. The van der Waals surface area contributed by atoms with Gasteiger partial charge in [0.1, 0.15) is 0 Å². The fourth-order valence-electron chi connectivity index (χ4n) is 1.92. The van der Waals surface area contributed by atoms with Crippen molar-refractivity contribution in [1.29, 1.82) is 0 Å². The van der Waals surface area contributed by atoms with E-state index in [0.29, 0.717) is 19.1 Å². The van der Waals surface area contributed by atoms with E-state index in [2.05, 4.69) is 31.1 Å². The SMILES string of the molecule is CC(C)(C)NCC(=O)N(Cc1ccccn1)C1CC1. The standard InChI is InChI=1S/C15H23N3O/c1-15(2,3)17-10-14(19)18(13-7-8-13)11-12-6-4-5-9-16-12/h4-6,9,13,17H,7-8,10-11H2,1-3H3. The molecule has 19 heavy (non-hydrogen) atoms. The maximum Gasteiger partial charge on any atom is 0.237 e. The van der Waals surface area contributed by atoms with Crippen LogP contribution in [0.2, 0.25) is 0 Å². The number of rotatable bonds is 5. The summed E-state index contributed by atoms with van der Waals surface area (Å²) >= 11 is 0. The Kier molecular flexibility index (Phi) is 4.20. The van der Waals surface area contributed by atoms with Gasteiger partial charge in [0.2, 0.25) is 5.91 Å². The number of amides is 1. The van der Waals surface area contributed by atoms with Gasteiger partial charge in [-0.1, -0.05) is 6.07 Å². The lowest BCUT2D eigenvalue weighted by molar-refractivity contribution is -0.131. The Labute approximate surface area is 115 Å². The first-order chi connectivity index (χ1) is 8.96. The zero-order valence-corrected chi connectivity index (χ0v) is 12.0. The molecule has 104 valence electrons. The van der Waals surface area contributed by atoms with Gasteiger partial charge in [0.25, 0.3) is 0 Å². The van der Waals surface area contributed by atoms with Crippen molar-refractivity contribution in [3.05, 3.63) is 30.1 Å².